The number of anilines is 1. The van der Waals surface area contributed by atoms with Crippen LogP contribution in [0.3, 0.4) is 0 Å². The molecule has 3 rings (SSSR count). The molecule has 0 N–H and O–H groups in total. The number of amides is 2. The zero-order chi connectivity index (χ0) is 15.5. The first-order valence-electron chi connectivity index (χ1n) is 7.43. The normalized spacial score (nSPS) is 14.1. The summed E-state index contributed by atoms with van der Waals surface area (Å²) in [5.74, 6) is 0.157. The standard InChI is InChI=1S/C18H17NO3/c1-2-3-12-22-16-9-8-15(13-6-4-5-7-14(13)16)19-17(20)10-11-18(19)21/h4-11H,2-3,12H2,1H3. The van der Waals surface area contributed by atoms with Crippen molar-refractivity contribution in [3.63, 3.8) is 0 Å². The number of rotatable bonds is 5. The maximum atomic E-state index is 11.9. The van der Waals surface area contributed by atoms with Gasteiger partial charge in [0.05, 0.1) is 12.3 Å². The summed E-state index contributed by atoms with van der Waals surface area (Å²) in [5.41, 5.74) is 0.596. The predicted octanol–water partition coefficient (Wildman–Crippen LogP) is 3.45. The molecule has 1 heterocycles. The van der Waals surface area contributed by atoms with Crippen LogP contribution in [0.5, 0.6) is 5.75 Å². The lowest BCUT2D eigenvalue weighted by atomic mass is 10.1. The molecule has 0 radical (unpaired) electrons. The Hall–Kier alpha value is -2.62. The number of benzene rings is 2. The molecule has 0 spiro atoms. The van der Waals surface area contributed by atoms with Gasteiger partial charge in [-0.3, -0.25) is 9.59 Å². The first kappa shape index (κ1) is 14.3. The highest BCUT2D eigenvalue weighted by Gasteiger charge is 2.27. The van der Waals surface area contributed by atoms with E-state index in [-0.39, 0.29) is 11.8 Å². The van der Waals surface area contributed by atoms with Gasteiger partial charge in [-0.2, -0.15) is 0 Å². The summed E-state index contributed by atoms with van der Waals surface area (Å²) in [6, 6.07) is 11.2. The van der Waals surface area contributed by atoms with E-state index in [0.29, 0.717) is 12.3 Å². The Morgan fingerprint density at radius 3 is 2.32 bits per heavy atom. The molecule has 0 saturated heterocycles. The van der Waals surface area contributed by atoms with Gasteiger partial charge >= 0.3 is 0 Å². The third-order valence-electron chi connectivity index (χ3n) is 3.67. The summed E-state index contributed by atoms with van der Waals surface area (Å²) in [7, 11) is 0. The van der Waals surface area contributed by atoms with Crippen molar-refractivity contribution in [2.24, 2.45) is 0 Å². The summed E-state index contributed by atoms with van der Waals surface area (Å²) in [5, 5.41) is 1.74. The van der Waals surface area contributed by atoms with E-state index in [1.165, 1.54) is 17.1 Å². The monoisotopic (exact) mass is 295 g/mol. The number of ether oxygens (including phenoxy) is 1. The molecule has 0 fully saturated rings. The van der Waals surface area contributed by atoms with Crippen molar-refractivity contribution in [2.45, 2.75) is 19.8 Å². The topological polar surface area (TPSA) is 46.6 Å². The average Bonchev–Trinajstić information content (AvgIpc) is 2.87. The van der Waals surface area contributed by atoms with E-state index in [1.54, 1.807) is 6.07 Å². The molecule has 1 aliphatic rings. The minimum atomic E-state index is -0.310. The molecule has 1 aliphatic heterocycles. The van der Waals surface area contributed by atoms with Crippen LogP contribution < -0.4 is 9.64 Å². The first-order valence-corrected chi connectivity index (χ1v) is 7.43. The molecule has 4 nitrogen and oxygen atoms in total. The molecule has 0 atom stereocenters. The predicted molar refractivity (Wildman–Crippen MR) is 86.0 cm³/mol. The summed E-state index contributed by atoms with van der Waals surface area (Å²) in [6.45, 7) is 2.77. The van der Waals surface area contributed by atoms with E-state index in [4.69, 9.17) is 4.74 Å². The number of fused-ring (bicyclic) bond motifs is 1. The van der Waals surface area contributed by atoms with Crippen molar-refractivity contribution >= 4 is 28.3 Å². The van der Waals surface area contributed by atoms with Crippen molar-refractivity contribution in [3.8, 4) is 5.75 Å². The Labute approximate surface area is 129 Å². The quantitative estimate of drug-likeness (QED) is 0.627. The van der Waals surface area contributed by atoms with E-state index in [2.05, 4.69) is 6.92 Å². The largest absolute Gasteiger partial charge is 0.493 e. The molecule has 0 unspecified atom stereocenters. The van der Waals surface area contributed by atoms with Crippen molar-refractivity contribution in [1.82, 2.24) is 0 Å². The zero-order valence-corrected chi connectivity index (χ0v) is 12.4. The highest BCUT2D eigenvalue weighted by molar-refractivity contribution is 6.30. The van der Waals surface area contributed by atoms with Gasteiger partial charge in [-0.1, -0.05) is 37.6 Å². The van der Waals surface area contributed by atoms with Gasteiger partial charge in [-0.05, 0) is 18.6 Å². The van der Waals surface area contributed by atoms with E-state index < -0.39 is 0 Å². The van der Waals surface area contributed by atoms with Gasteiger partial charge in [0, 0.05) is 22.9 Å². The molecule has 2 aromatic rings. The zero-order valence-electron chi connectivity index (χ0n) is 12.4. The van der Waals surface area contributed by atoms with Crippen LogP contribution in [0, 0.1) is 0 Å². The van der Waals surface area contributed by atoms with Crippen LogP contribution in [0.15, 0.2) is 48.6 Å². The minimum absolute atomic E-state index is 0.310. The third kappa shape index (κ3) is 2.48. The highest BCUT2D eigenvalue weighted by Crippen LogP contribution is 2.35. The molecular weight excluding hydrogens is 278 g/mol. The Balaban J connectivity index is 2.05. The maximum absolute atomic E-state index is 11.9. The number of hydrogen-bond donors (Lipinski definition) is 0. The Morgan fingerprint density at radius 1 is 0.955 bits per heavy atom. The van der Waals surface area contributed by atoms with Crippen LogP contribution in [0.4, 0.5) is 5.69 Å². The smallest absolute Gasteiger partial charge is 0.258 e. The highest BCUT2D eigenvalue weighted by atomic mass is 16.5. The molecule has 0 aromatic heterocycles. The molecule has 0 aliphatic carbocycles. The van der Waals surface area contributed by atoms with Gasteiger partial charge in [-0.15, -0.1) is 0 Å². The van der Waals surface area contributed by atoms with E-state index >= 15 is 0 Å². The fraction of sp³-hybridized carbons (Fsp3) is 0.222. The lowest BCUT2D eigenvalue weighted by Gasteiger charge is -2.18. The van der Waals surface area contributed by atoms with Crippen LogP contribution in [-0.4, -0.2) is 18.4 Å². The fourth-order valence-electron chi connectivity index (χ4n) is 2.54. The van der Waals surface area contributed by atoms with Crippen molar-refractivity contribution in [3.05, 3.63) is 48.6 Å². The van der Waals surface area contributed by atoms with Gasteiger partial charge < -0.3 is 4.74 Å². The summed E-state index contributed by atoms with van der Waals surface area (Å²) in [4.78, 5) is 25.0. The number of imide groups is 1. The van der Waals surface area contributed by atoms with Crippen LogP contribution >= 0.6 is 0 Å². The summed E-state index contributed by atoms with van der Waals surface area (Å²) >= 11 is 0. The van der Waals surface area contributed by atoms with Gasteiger partial charge in [0.2, 0.25) is 0 Å². The number of unbranched alkanes of at least 4 members (excludes halogenated alkanes) is 1. The van der Waals surface area contributed by atoms with Crippen molar-refractivity contribution in [1.29, 1.82) is 0 Å². The number of hydrogen-bond acceptors (Lipinski definition) is 3. The van der Waals surface area contributed by atoms with Crippen LogP contribution in [0.2, 0.25) is 0 Å². The number of carbonyl (C=O) groups excluding carboxylic acids is 2. The van der Waals surface area contributed by atoms with Gasteiger partial charge in [0.1, 0.15) is 5.75 Å². The molecule has 2 aromatic carbocycles. The van der Waals surface area contributed by atoms with Crippen LogP contribution in [-0.2, 0) is 9.59 Å². The van der Waals surface area contributed by atoms with Crippen molar-refractivity contribution in [2.75, 3.05) is 11.5 Å². The second kappa shape index (κ2) is 6.02. The second-order valence-corrected chi connectivity index (χ2v) is 5.18. The second-order valence-electron chi connectivity index (χ2n) is 5.18. The van der Waals surface area contributed by atoms with Gasteiger partial charge in [-0.25, -0.2) is 4.90 Å². The molecule has 2 amide bonds. The summed E-state index contributed by atoms with van der Waals surface area (Å²) in [6.07, 6.45) is 4.65. The van der Waals surface area contributed by atoms with E-state index in [0.717, 1.165) is 29.4 Å². The third-order valence-corrected chi connectivity index (χ3v) is 3.67. The SMILES string of the molecule is CCCCOc1ccc(N2C(=O)C=CC2=O)c2ccccc12. The van der Waals surface area contributed by atoms with Crippen LogP contribution in [0.25, 0.3) is 10.8 Å². The fourth-order valence-corrected chi connectivity index (χ4v) is 2.54. The lowest BCUT2D eigenvalue weighted by molar-refractivity contribution is -0.119. The molecule has 0 saturated carbocycles. The van der Waals surface area contributed by atoms with Crippen molar-refractivity contribution < 1.29 is 14.3 Å². The Kier molecular flexibility index (Phi) is 3.92. The first-order chi connectivity index (χ1) is 10.7. The number of nitrogens with zero attached hydrogens (tertiary/aromatic N) is 1. The maximum Gasteiger partial charge on any atom is 0.258 e. The Morgan fingerprint density at radius 2 is 1.64 bits per heavy atom. The minimum Gasteiger partial charge on any atom is -0.493 e. The molecule has 22 heavy (non-hydrogen) atoms. The van der Waals surface area contributed by atoms with Crippen LogP contribution in [0.1, 0.15) is 19.8 Å². The molecule has 0 bridgehead atoms. The molecule has 112 valence electrons. The van der Waals surface area contributed by atoms with Gasteiger partial charge in [0.25, 0.3) is 11.8 Å². The Bertz CT molecular complexity index is 746. The average molecular weight is 295 g/mol. The van der Waals surface area contributed by atoms with Gasteiger partial charge in [0.15, 0.2) is 0 Å². The summed E-state index contributed by atoms with van der Waals surface area (Å²) < 4.78 is 5.83. The van der Waals surface area contributed by atoms with E-state index in [9.17, 15) is 9.59 Å². The molecule has 4 heteroatoms. The lowest BCUT2D eigenvalue weighted by Crippen LogP contribution is -2.29. The number of carbonyl (C=O) groups is 2. The molecular formula is C18H17NO3. The van der Waals surface area contributed by atoms with E-state index in [1.807, 2.05) is 30.3 Å².